The average molecular weight is 230 g/mol. The maximum atomic E-state index is 9.84. The summed E-state index contributed by atoms with van der Waals surface area (Å²) < 4.78 is 1.96. The largest absolute Gasteiger partial charge is 0.398 e. The number of hydrogen-bond donors (Lipinski definition) is 2. The van der Waals surface area contributed by atoms with Crippen LogP contribution in [0.5, 0.6) is 0 Å². The van der Waals surface area contributed by atoms with E-state index in [1.54, 1.807) is 0 Å². The quantitative estimate of drug-likeness (QED) is 0.725. The summed E-state index contributed by atoms with van der Waals surface area (Å²) in [6.45, 7) is 0.836. The summed E-state index contributed by atoms with van der Waals surface area (Å²) in [7, 11) is 0. The van der Waals surface area contributed by atoms with Crippen molar-refractivity contribution >= 4 is 5.69 Å². The van der Waals surface area contributed by atoms with Crippen LogP contribution in [0.25, 0.3) is 11.4 Å². The van der Waals surface area contributed by atoms with Crippen LogP contribution in [-0.4, -0.2) is 19.9 Å². The van der Waals surface area contributed by atoms with E-state index >= 15 is 0 Å². The van der Waals surface area contributed by atoms with Gasteiger partial charge in [-0.2, -0.15) is 0 Å². The molecular weight excluding hydrogens is 216 g/mol. The number of nitrogens with zero attached hydrogens (tertiary/aromatic N) is 3. The summed E-state index contributed by atoms with van der Waals surface area (Å²) in [4.78, 5) is 0. The highest BCUT2D eigenvalue weighted by Crippen LogP contribution is 2.30. The molecule has 0 saturated carbocycles. The van der Waals surface area contributed by atoms with E-state index in [-0.39, 0.29) is 0 Å². The van der Waals surface area contributed by atoms with Gasteiger partial charge in [0.05, 0.1) is 0 Å². The molecule has 1 aromatic heterocycles. The molecule has 1 aromatic carbocycles. The van der Waals surface area contributed by atoms with Crippen molar-refractivity contribution in [3.8, 4) is 11.4 Å². The van der Waals surface area contributed by atoms with Crippen LogP contribution in [0.15, 0.2) is 24.3 Å². The lowest BCUT2D eigenvalue weighted by Gasteiger charge is -2.19. The van der Waals surface area contributed by atoms with Gasteiger partial charge in [0.15, 0.2) is 11.6 Å². The number of benzene rings is 1. The first-order valence-corrected chi connectivity index (χ1v) is 5.73. The van der Waals surface area contributed by atoms with Crippen LogP contribution in [0.2, 0.25) is 0 Å². The number of rotatable bonds is 1. The fourth-order valence-corrected chi connectivity index (χ4v) is 2.25. The van der Waals surface area contributed by atoms with Crippen LogP contribution in [0.3, 0.4) is 0 Å². The normalized spacial score (nSPS) is 19.0. The minimum absolute atomic E-state index is 0.505. The smallest absolute Gasteiger partial charge is 0.166 e. The van der Waals surface area contributed by atoms with Crippen molar-refractivity contribution in [2.24, 2.45) is 0 Å². The molecule has 3 rings (SSSR count). The lowest BCUT2D eigenvalue weighted by atomic mass is 10.1. The van der Waals surface area contributed by atoms with Crippen molar-refractivity contribution in [3.05, 3.63) is 30.1 Å². The second-order valence-electron chi connectivity index (χ2n) is 4.28. The van der Waals surface area contributed by atoms with Crippen molar-refractivity contribution < 1.29 is 5.11 Å². The van der Waals surface area contributed by atoms with E-state index in [2.05, 4.69) is 10.2 Å². The van der Waals surface area contributed by atoms with Gasteiger partial charge in [-0.05, 0) is 25.0 Å². The Balaban J connectivity index is 2.14. The van der Waals surface area contributed by atoms with Crippen LogP contribution < -0.4 is 5.73 Å². The second kappa shape index (κ2) is 3.85. The van der Waals surface area contributed by atoms with E-state index in [0.29, 0.717) is 11.5 Å². The minimum Gasteiger partial charge on any atom is -0.398 e. The van der Waals surface area contributed by atoms with Crippen molar-refractivity contribution in [1.82, 2.24) is 14.8 Å². The van der Waals surface area contributed by atoms with Gasteiger partial charge in [0.2, 0.25) is 0 Å². The summed E-state index contributed by atoms with van der Waals surface area (Å²) in [6.07, 6.45) is 1.18. The second-order valence-corrected chi connectivity index (χ2v) is 4.28. The Morgan fingerprint density at radius 3 is 2.94 bits per heavy atom. The molecule has 3 N–H and O–H groups in total. The molecule has 0 aliphatic carbocycles. The molecule has 5 nitrogen and oxygen atoms in total. The van der Waals surface area contributed by atoms with Gasteiger partial charge in [0, 0.05) is 17.8 Å². The van der Waals surface area contributed by atoms with Gasteiger partial charge in [-0.3, -0.25) is 0 Å². The standard InChI is InChI=1S/C12H14N4O/c13-9-5-2-1-4-8(9)11-14-15-12-10(17)6-3-7-16(11)12/h1-2,4-5,10,17H,3,6-7,13H2. The molecule has 0 bridgehead atoms. The van der Waals surface area contributed by atoms with Crippen LogP contribution >= 0.6 is 0 Å². The Bertz CT molecular complexity index is 549. The first kappa shape index (κ1) is 10.3. The Hall–Kier alpha value is -1.88. The molecular formula is C12H14N4O. The maximum Gasteiger partial charge on any atom is 0.166 e. The van der Waals surface area contributed by atoms with Gasteiger partial charge in [-0.1, -0.05) is 12.1 Å². The van der Waals surface area contributed by atoms with Crippen LogP contribution in [0, 0.1) is 0 Å². The average Bonchev–Trinajstić information content (AvgIpc) is 2.75. The van der Waals surface area contributed by atoms with Crippen molar-refractivity contribution in [3.63, 3.8) is 0 Å². The molecule has 1 aliphatic heterocycles. The zero-order chi connectivity index (χ0) is 11.8. The van der Waals surface area contributed by atoms with Crippen molar-refractivity contribution in [2.75, 3.05) is 5.73 Å². The monoisotopic (exact) mass is 230 g/mol. The summed E-state index contributed by atoms with van der Waals surface area (Å²) in [6, 6.07) is 7.58. The lowest BCUT2D eigenvalue weighted by molar-refractivity contribution is 0.134. The highest BCUT2D eigenvalue weighted by atomic mass is 16.3. The zero-order valence-electron chi connectivity index (χ0n) is 9.37. The van der Waals surface area contributed by atoms with Crippen LogP contribution in [0.4, 0.5) is 5.69 Å². The van der Waals surface area contributed by atoms with E-state index in [1.165, 1.54) is 0 Å². The third kappa shape index (κ3) is 1.59. The fraction of sp³-hybridized carbons (Fsp3) is 0.333. The van der Waals surface area contributed by atoms with Gasteiger partial charge >= 0.3 is 0 Å². The predicted octanol–water partition coefficient (Wildman–Crippen LogP) is 1.35. The fourth-order valence-electron chi connectivity index (χ4n) is 2.25. The molecule has 1 aliphatic rings. The first-order valence-electron chi connectivity index (χ1n) is 5.73. The number of nitrogens with two attached hydrogens (primary N) is 1. The summed E-state index contributed by atoms with van der Waals surface area (Å²) >= 11 is 0. The number of nitrogen functional groups attached to an aromatic ring is 1. The molecule has 0 radical (unpaired) electrons. The van der Waals surface area contributed by atoms with Gasteiger partial charge in [0.1, 0.15) is 6.10 Å². The van der Waals surface area contributed by atoms with Crippen LogP contribution in [-0.2, 0) is 6.54 Å². The number of fused-ring (bicyclic) bond motifs is 1. The molecule has 1 unspecified atom stereocenters. The molecule has 17 heavy (non-hydrogen) atoms. The van der Waals surface area contributed by atoms with Gasteiger partial charge in [-0.15, -0.1) is 10.2 Å². The van der Waals surface area contributed by atoms with E-state index in [9.17, 15) is 5.11 Å². The van der Waals surface area contributed by atoms with Crippen LogP contribution in [0.1, 0.15) is 24.8 Å². The molecule has 0 spiro atoms. The van der Waals surface area contributed by atoms with E-state index in [0.717, 1.165) is 30.8 Å². The maximum absolute atomic E-state index is 9.84. The zero-order valence-corrected chi connectivity index (χ0v) is 9.37. The van der Waals surface area contributed by atoms with Gasteiger partial charge < -0.3 is 15.4 Å². The van der Waals surface area contributed by atoms with Gasteiger partial charge in [0.25, 0.3) is 0 Å². The number of aliphatic hydroxyl groups excluding tert-OH is 1. The lowest BCUT2D eigenvalue weighted by Crippen LogP contribution is -2.16. The van der Waals surface area contributed by atoms with Crippen molar-refractivity contribution in [2.45, 2.75) is 25.5 Å². The van der Waals surface area contributed by atoms with E-state index in [4.69, 9.17) is 5.73 Å². The Labute approximate surface area is 98.9 Å². The SMILES string of the molecule is Nc1ccccc1-c1nnc2n1CCCC2O. The molecule has 0 amide bonds. The van der Waals surface area contributed by atoms with Crippen molar-refractivity contribution in [1.29, 1.82) is 0 Å². The van der Waals surface area contributed by atoms with E-state index < -0.39 is 6.10 Å². The topological polar surface area (TPSA) is 77.0 Å². The molecule has 2 heterocycles. The Morgan fingerprint density at radius 2 is 2.12 bits per heavy atom. The number of aromatic nitrogens is 3. The third-order valence-electron chi connectivity index (χ3n) is 3.14. The number of para-hydroxylation sites is 1. The highest BCUT2D eigenvalue weighted by Gasteiger charge is 2.24. The molecule has 88 valence electrons. The Kier molecular flexibility index (Phi) is 2.33. The first-order chi connectivity index (χ1) is 8.27. The van der Waals surface area contributed by atoms with E-state index in [1.807, 2.05) is 28.8 Å². The van der Waals surface area contributed by atoms with Gasteiger partial charge in [-0.25, -0.2) is 0 Å². The Morgan fingerprint density at radius 1 is 1.29 bits per heavy atom. The molecule has 5 heteroatoms. The number of anilines is 1. The third-order valence-corrected chi connectivity index (χ3v) is 3.14. The molecule has 1 atom stereocenters. The predicted molar refractivity (Wildman–Crippen MR) is 64.1 cm³/mol. The molecule has 0 fully saturated rings. The molecule has 0 saturated heterocycles. The number of aliphatic hydroxyl groups is 1. The summed E-state index contributed by atoms with van der Waals surface area (Å²) in [5, 5.41) is 18.1. The summed E-state index contributed by atoms with van der Waals surface area (Å²) in [5.74, 6) is 1.39. The minimum atomic E-state index is -0.505. The highest BCUT2D eigenvalue weighted by molar-refractivity contribution is 5.71. The molecule has 2 aromatic rings. The number of hydrogen-bond acceptors (Lipinski definition) is 4. The summed E-state index contributed by atoms with van der Waals surface area (Å²) in [5.41, 5.74) is 7.49.